The van der Waals surface area contributed by atoms with E-state index in [0.717, 1.165) is 18.8 Å². The van der Waals surface area contributed by atoms with Crippen molar-refractivity contribution in [3.63, 3.8) is 0 Å². The molecule has 1 amide bonds. The van der Waals surface area contributed by atoms with Crippen LogP contribution in [0.15, 0.2) is 18.2 Å². The molecule has 1 atom stereocenters. The van der Waals surface area contributed by atoms with Crippen LogP contribution in [0.3, 0.4) is 0 Å². The van der Waals surface area contributed by atoms with Gasteiger partial charge in [0.1, 0.15) is 17.6 Å². The first kappa shape index (κ1) is 10.4. The highest BCUT2D eigenvalue weighted by molar-refractivity contribution is 5.97. The van der Waals surface area contributed by atoms with E-state index in [1.807, 2.05) is 12.1 Å². The van der Waals surface area contributed by atoms with Crippen molar-refractivity contribution in [2.24, 2.45) is 0 Å². The number of hydrogen-bond acceptors (Lipinski definition) is 4. The van der Waals surface area contributed by atoms with E-state index in [0.29, 0.717) is 11.4 Å². The van der Waals surface area contributed by atoms with Crippen LogP contribution in [-0.4, -0.2) is 31.2 Å². The van der Waals surface area contributed by atoms with Crippen molar-refractivity contribution in [2.45, 2.75) is 19.1 Å². The quantitative estimate of drug-likeness (QED) is 0.793. The lowest BCUT2D eigenvalue weighted by atomic mass is 10.2. The maximum atomic E-state index is 11.5. The molecule has 2 N–H and O–H groups in total. The van der Waals surface area contributed by atoms with Gasteiger partial charge in [0.25, 0.3) is 5.91 Å². The summed E-state index contributed by atoms with van der Waals surface area (Å²) >= 11 is 0. The summed E-state index contributed by atoms with van der Waals surface area (Å²) in [7, 11) is 0. The van der Waals surface area contributed by atoms with Crippen molar-refractivity contribution in [2.75, 3.05) is 18.4 Å². The van der Waals surface area contributed by atoms with Gasteiger partial charge in [-0.15, -0.1) is 0 Å². The molecule has 0 bridgehead atoms. The van der Waals surface area contributed by atoms with Crippen LogP contribution >= 0.6 is 0 Å². The molecule has 3 rings (SSSR count). The fourth-order valence-corrected chi connectivity index (χ4v) is 1.80. The van der Waals surface area contributed by atoms with Crippen molar-refractivity contribution in [1.29, 1.82) is 0 Å². The normalized spacial score (nSPS) is 23.1. The lowest BCUT2D eigenvalue weighted by Crippen LogP contribution is -2.50. The Kier molecular flexibility index (Phi) is 2.40. The highest BCUT2D eigenvalue weighted by Gasteiger charge is 2.24. The van der Waals surface area contributed by atoms with Gasteiger partial charge >= 0.3 is 0 Å². The summed E-state index contributed by atoms with van der Waals surface area (Å²) in [5, 5.41) is 5.94. The molecule has 1 aromatic carbocycles. The molecule has 2 aliphatic heterocycles. The van der Waals surface area contributed by atoms with Gasteiger partial charge in [-0.05, 0) is 19.1 Å². The Morgan fingerprint density at radius 3 is 2.94 bits per heavy atom. The summed E-state index contributed by atoms with van der Waals surface area (Å²) in [6, 6.07) is 5.49. The summed E-state index contributed by atoms with van der Waals surface area (Å²) < 4.78 is 11.2. The van der Waals surface area contributed by atoms with Crippen LogP contribution in [0.1, 0.15) is 6.92 Å². The number of anilines is 1. The molecular weight excluding hydrogens is 220 g/mol. The van der Waals surface area contributed by atoms with Crippen LogP contribution in [0.4, 0.5) is 5.69 Å². The Bertz CT molecular complexity index is 457. The van der Waals surface area contributed by atoms with E-state index in [-0.39, 0.29) is 12.0 Å². The molecule has 1 unspecified atom stereocenters. The number of benzene rings is 1. The van der Waals surface area contributed by atoms with Crippen molar-refractivity contribution in [3.05, 3.63) is 18.2 Å². The molecule has 90 valence electrons. The summed E-state index contributed by atoms with van der Waals surface area (Å²) in [4.78, 5) is 11.5. The molecule has 1 fully saturated rings. The van der Waals surface area contributed by atoms with Gasteiger partial charge in [-0.25, -0.2) is 0 Å². The first-order chi connectivity index (χ1) is 8.22. The zero-order valence-electron chi connectivity index (χ0n) is 9.53. The lowest BCUT2D eigenvalue weighted by molar-refractivity contribution is -0.122. The minimum absolute atomic E-state index is 0.125. The van der Waals surface area contributed by atoms with Crippen LogP contribution < -0.4 is 20.1 Å². The van der Waals surface area contributed by atoms with Crippen LogP contribution in [-0.2, 0) is 4.79 Å². The Balaban J connectivity index is 1.80. The molecule has 2 heterocycles. The fourth-order valence-electron chi connectivity index (χ4n) is 1.80. The summed E-state index contributed by atoms with van der Waals surface area (Å²) in [6.07, 6.45) is -0.211. The van der Waals surface area contributed by atoms with Gasteiger partial charge in [0.05, 0.1) is 5.69 Å². The second-order valence-electron chi connectivity index (χ2n) is 4.31. The molecule has 1 aromatic rings. The zero-order chi connectivity index (χ0) is 11.8. The maximum Gasteiger partial charge on any atom is 0.265 e. The van der Waals surface area contributed by atoms with Crippen molar-refractivity contribution in [1.82, 2.24) is 5.32 Å². The molecular formula is C12H14N2O3. The fraction of sp³-hybridized carbons (Fsp3) is 0.417. The van der Waals surface area contributed by atoms with Crippen LogP contribution in [0.25, 0.3) is 0 Å². The minimum Gasteiger partial charge on any atom is -0.488 e. The van der Waals surface area contributed by atoms with Crippen LogP contribution in [0.5, 0.6) is 11.5 Å². The number of nitrogens with one attached hydrogen (secondary N) is 2. The van der Waals surface area contributed by atoms with E-state index >= 15 is 0 Å². The number of carbonyl (C=O) groups is 1. The van der Waals surface area contributed by atoms with E-state index in [1.165, 1.54) is 0 Å². The first-order valence-corrected chi connectivity index (χ1v) is 5.71. The van der Waals surface area contributed by atoms with Gasteiger partial charge in [0, 0.05) is 19.2 Å². The van der Waals surface area contributed by atoms with E-state index in [9.17, 15) is 4.79 Å². The Labute approximate surface area is 99.1 Å². The average molecular weight is 234 g/mol. The van der Waals surface area contributed by atoms with Crippen LogP contribution in [0.2, 0.25) is 0 Å². The third-order valence-electron chi connectivity index (χ3n) is 2.93. The number of ether oxygens (including phenoxy) is 2. The predicted octanol–water partition coefficient (Wildman–Crippen LogP) is 0.757. The highest BCUT2D eigenvalue weighted by atomic mass is 16.5. The van der Waals surface area contributed by atoms with Crippen molar-refractivity contribution < 1.29 is 14.3 Å². The third-order valence-corrected chi connectivity index (χ3v) is 2.93. The number of carbonyl (C=O) groups excluding carboxylic acids is 1. The third kappa shape index (κ3) is 1.93. The number of hydrogen-bond donors (Lipinski definition) is 2. The predicted molar refractivity (Wildman–Crippen MR) is 62.4 cm³/mol. The molecule has 0 aliphatic carbocycles. The second kappa shape index (κ2) is 3.92. The van der Waals surface area contributed by atoms with E-state index in [4.69, 9.17) is 9.47 Å². The van der Waals surface area contributed by atoms with E-state index < -0.39 is 6.10 Å². The Morgan fingerprint density at radius 2 is 2.24 bits per heavy atom. The van der Waals surface area contributed by atoms with Gasteiger partial charge in [-0.1, -0.05) is 0 Å². The van der Waals surface area contributed by atoms with E-state index in [1.54, 1.807) is 13.0 Å². The molecule has 0 saturated carbocycles. The SMILES string of the molecule is CC1Oc2ccc(OC3CNC3)cc2NC1=O. The maximum absolute atomic E-state index is 11.5. The van der Waals surface area contributed by atoms with Gasteiger partial charge in [-0.2, -0.15) is 0 Å². The van der Waals surface area contributed by atoms with Crippen molar-refractivity contribution >= 4 is 11.6 Å². The summed E-state index contributed by atoms with van der Waals surface area (Å²) in [5.74, 6) is 1.32. The second-order valence-corrected chi connectivity index (χ2v) is 4.31. The summed E-state index contributed by atoms with van der Waals surface area (Å²) in [5.41, 5.74) is 0.679. The lowest BCUT2D eigenvalue weighted by Gasteiger charge is -2.29. The Morgan fingerprint density at radius 1 is 1.41 bits per heavy atom. The average Bonchev–Trinajstić information content (AvgIpc) is 2.25. The van der Waals surface area contributed by atoms with E-state index in [2.05, 4.69) is 10.6 Å². The molecule has 0 spiro atoms. The Hall–Kier alpha value is -1.75. The molecule has 2 aliphatic rings. The number of fused-ring (bicyclic) bond motifs is 1. The molecule has 5 nitrogen and oxygen atoms in total. The number of amides is 1. The monoisotopic (exact) mass is 234 g/mol. The smallest absolute Gasteiger partial charge is 0.265 e. The van der Waals surface area contributed by atoms with Crippen LogP contribution in [0, 0.1) is 0 Å². The molecule has 0 aromatic heterocycles. The minimum atomic E-state index is -0.440. The molecule has 0 radical (unpaired) electrons. The summed E-state index contributed by atoms with van der Waals surface area (Å²) in [6.45, 7) is 3.47. The highest BCUT2D eigenvalue weighted by Crippen LogP contribution is 2.33. The molecule has 5 heteroatoms. The standard InChI is InChI=1S/C12H14N2O3/c1-7-12(15)14-10-4-8(2-3-11(10)16-7)17-9-5-13-6-9/h2-4,7,9,13H,5-6H2,1H3,(H,14,15). The molecule has 17 heavy (non-hydrogen) atoms. The van der Waals surface area contributed by atoms with Gasteiger partial charge < -0.3 is 20.1 Å². The zero-order valence-corrected chi connectivity index (χ0v) is 9.53. The van der Waals surface area contributed by atoms with Gasteiger partial charge in [0.15, 0.2) is 6.10 Å². The number of rotatable bonds is 2. The largest absolute Gasteiger partial charge is 0.488 e. The van der Waals surface area contributed by atoms with Gasteiger partial charge in [-0.3, -0.25) is 4.79 Å². The topological polar surface area (TPSA) is 59.6 Å². The molecule has 1 saturated heterocycles. The first-order valence-electron chi connectivity index (χ1n) is 5.71. The van der Waals surface area contributed by atoms with Gasteiger partial charge in [0.2, 0.25) is 0 Å². The van der Waals surface area contributed by atoms with Crippen molar-refractivity contribution in [3.8, 4) is 11.5 Å².